The van der Waals surface area contributed by atoms with Crippen molar-refractivity contribution in [1.82, 2.24) is 15.3 Å². The van der Waals surface area contributed by atoms with Crippen LogP contribution in [0.3, 0.4) is 0 Å². The van der Waals surface area contributed by atoms with Gasteiger partial charge >= 0.3 is 0 Å². The topological polar surface area (TPSA) is 73.3 Å². The van der Waals surface area contributed by atoms with Gasteiger partial charge in [0, 0.05) is 23.7 Å². The van der Waals surface area contributed by atoms with Crippen molar-refractivity contribution in [3.05, 3.63) is 66.5 Å². The molecule has 0 atom stereocenters. The summed E-state index contributed by atoms with van der Waals surface area (Å²) in [7, 11) is 1.62. The summed E-state index contributed by atoms with van der Waals surface area (Å²) in [5, 5.41) is 2.96. The van der Waals surface area contributed by atoms with Crippen molar-refractivity contribution < 1.29 is 14.3 Å². The zero-order valence-corrected chi connectivity index (χ0v) is 16.9. The van der Waals surface area contributed by atoms with Gasteiger partial charge < -0.3 is 14.8 Å². The molecular formula is C23H25N3O3. The first-order valence-electron chi connectivity index (χ1n) is 9.57. The third-order valence-corrected chi connectivity index (χ3v) is 4.35. The van der Waals surface area contributed by atoms with Crippen molar-refractivity contribution in [1.29, 1.82) is 0 Å². The first-order valence-corrected chi connectivity index (χ1v) is 9.57. The van der Waals surface area contributed by atoms with Gasteiger partial charge in [0.25, 0.3) is 5.91 Å². The van der Waals surface area contributed by atoms with Crippen LogP contribution < -0.4 is 14.8 Å². The van der Waals surface area contributed by atoms with Gasteiger partial charge in [0.2, 0.25) is 5.88 Å². The fraction of sp³-hybridized carbons (Fsp3) is 0.261. The second-order valence-corrected chi connectivity index (χ2v) is 7.04. The first-order chi connectivity index (χ1) is 14.0. The van der Waals surface area contributed by atoms with E-state index >= 15 is 0 Å². The van der Waals surface area contributed by atoms with E-state index in [2.05, 4.69) is 29.1 Å². The van der Waals surface area contributed by atoms with Gasteiger partial charge in [-0.2, -0.15) is 0 Å². The Hall–Kier alpha value is -3.41. The quantitative estimate of drug-likeness (QED) is 0.601. The van der Waals surface area contributed by atoms with Crippen molar-refractivity contribution in [3.8, 4) is 28.6 Å². The Morgan fingerprint density at radius 1 is 1.03 bits per heavy atom. The van der Waals surface area contributed by atoms with Crippen LogP contribution in [0.5, 0.6) is 17.4 Å². The van der Waals surface area contributed by atoms with E-state index in [-0.39, 0.29) is 5.91 Å². The minimum absolute atomic E-state index is 0.0868. The van der Waals surface area contributed by atoms with E-state index in [1.54, 1.807) is 19.2 Å². The Labute approximate surface area is 170 Å². The summed E-state index contributed by atoms with van der Waals surface area (Å²) in [6, 6.07) is 16.4. The van der Waals surface area contributed by atoms with Crippen LogP contribution in [0.2, 0.25) is 0 Å². The predicted octanol–water partition coefficient (Wildman–Crippen LogP) is 4.72. The SMILES string of the molecule is COc1ccc(Oc2cc(-c3cccc(C(=O)NCCC(C)C)c3)ncn2)cc1. The fourth-order valence-electron chi connectivity index (χ4n) is 2.71. The molecule has 1 amide bonds. The van der Waals surface area contributed by atoms with Crippen LogP contribution in [0.1, 0.15) is 30.6 Å². The van der Waals surface area contributed by atoms with Crippen molar-refractivity contribution in [2.75, 3.05) is 13.7 Å². The summed E-state index contributed by atoms with van der Waals surface area (Å²) in [4.78, 5) is 20.9. The molecule has 0 spiro atoms. The Balaban J connectivity index is 1.73. The average molecular weight is 391 g/mol. The largest absolute Gasteiger partial charge is 0.497 e. The van der Waals surface area contributed by atoms with Gasteiger partial charge in [-0.05, 0) is 48.7 Å². The van der Waals surface area contributed by atoms with E-state index in [0.717, 1.165) is 17.7 Å². The van der Waals surface area contributed by atoms with E-state index in [1.165, 1.54) is 6.33 Å². The van der Waals surface area contributed by atoms with Crippen molar-refractivity contribution in [3.63, 3.8) is 0 Å². The molecule has 0 saturated carbocycles. The third-order valence-electron chi connectivity index (χ3n) is 4.35. The molecule has 6 nitrogen and oxygen atoms in total. The van der Waals surface area contributed by atoms with E-state index < -0.39 is 0 Å². The number of methoxy groups -OCH3 is 1. The standard InChI is InChI=1S/C23H25N3O3/c1-16(2)11-12-24-23(27)18-6-4-5-17(13-18)21-14-22(26-15-25-21)29-20-9-7-19(28-3)8-10-20/h4-10,13-16H,11-12H2,1-3H3,(H,24,27). The summed E-state index contributed by atoms with van der Waals surface area (Å²) in [6.07, 6.45) is 2.40. The Morgan fingerprint density at radius 3 is 2.52 bits per heavy atom. The number of aromatic nitrogens is 2. The molecule has 0 fully saturated rings. The van der Waals surface area contributed by atoms with Gasteiger partial charge in [-0.3, -0.25) is 4.79 Å². The van der Waals surface area contributed by atoms with Crippen LogP contribution in [0, 0.1) is 5.92 Å². The highest BCUT2D eigenvalue weighted by Crippen LogP contribution is 2.25. The van der Waals surface area contributed by atoms with Gasteiger partial charge in [0.15, 0.2) is 0 Å². The van der Waals surface area contributed by atoms with E-state index in [1.807, 2.05) is 42.5 Å². The number of benzene rings is 2. The number of amides is 1. The molecule has 6 heteroatoms. The van der Waals surface area contributed by atoms with Gasteiger partial charge in [-0.1, -0.05) is 26.0 Å². The van der Waals surface area contributed by atoms with Gasteiger partial charge in [0.1, 0.15) is 17.8 Å². The molecule has 1 heterocycles. The predicted molar refractivity (Wildman–Crippen MR) is 112 cm³/mol. The molecule has 3 rings (SSSR count). The summed E-state index contributed by atoms with van der Waals surface area (Å²) in [5.74, 6) is 2.29. The van der Waals surface area contributed by atoms with Gasteiger partial charge in [-0.25, -0.2) is 9.97 Å². The zero-order chi connectivity index (χ0) is 20.6. The van der Waals surface area contributed by atoms with Gasteiger partial charge in [0.05, 0.1) is 12.8 Å². The minimum Gasteiger partial charge on any atom is -0.497 e. The number of nitrogens with zero attached hydrogens (tertiary/aromatic N) is 2. The molecule has 0 saturated heterocycles. The number of nitrogens with one attached hydrogen (secondary N) is 1. The lowest BCUT2D eigenvalue weighted by molar-refractivity contribution is 0.0952. The Morgan fingerprint density at radius 2 is 1.79 bits per heavy atom. The molecular weight excluding hydrogens is 366 g/mol. The summed E-state index contributed by atoms with van der Waals surface area (Å²) in [6.45, 7) is 4.93. The molecule has 2 aromatic carbocycles. The lowest BCUT2D eigenvalue weighted by atomic mass is 10.1. The normalized spacial score (nSPS) is 10.6. The van der Waals surface area contributed by atoms with Crippen LogP contribution in [0.25, 0.3) is 11.3 Å². The number of ether oxygens (including phenoxy) is 2. The van der Waals surface area contributed by atoms with Crippen molar-refractivity contribution >= 4 is 5.91 Å². The maximum atomic E-state index is 12.4. The number of carbonyl (C=O) groups excluding carboxylic acids is 1. The monoisotopic (exact) mass is 391 g/mol. The molecule has 0 unspecified atom stereocenters. The zero-order valence-electron chi connectivity index (χ0n) is 16.9. The van der Waals surface area contributed by atoms with Crippen molar-refractivity contribution in [2.24, 2.45) is 5.92 Å². The van der Waals surface area contributed by atoms with Crippen LogP contribution in [0.15, 0.2) is 60.9 Å². The van der Waals surface area contributed by atoms with Crippen molar-refractivity contribution in [2.45, 2.75) is 20.3 Å². The fourth-order valence-corrected chi connectivity index (χ4v) is 2.71. The number of carbonyl (C=O) groups is 1. The lowest BCUT2D eigenvalue weighted by Crippen LogP contribution is -2.25. The number of rotatable bonds is 8. The number of hydrogen-bond donors (Lipinski definition) is 1. The molecule has 0 aliphatic rings. The molecule has 0 aliphatic heterocycles. The molecule has 1 N–H and O–H groups in total. The summed E-state index contributed by atoms with van der Waals surface area (Å²) < 4.78 is 11.0. The molecule has 0 bridgehead atoms. The molecule has 150 valence electrons. The van der Waals surface area contributed by atoms with Gasteiger partial charge in [-0.15, -0.1) is 0 Å². The third kappa shape index (κ3) is 5.78. The highest BCUT2D eigenvalue weighted by molar-refractivity contribution is 5.95. The number of hydrogen-bond acceptors (Lipinski definition) is 5. The Kier molecular flexibility index (Phi) is 6.79. The molecule has 0 radical (unpaired) electrons. The maximum Gasteiger partial charge on any atom is 0.251 e. The lowest BCUT2D eigenvalue weighted by Gasteiger charge is -2.09. The van der Waals surface area contributed by atoms with E-state index in [9.17, 15) is 4.79 Å². The smallest absolute Gasteiger partial charge is 0.251 e. The molecule has 29 heavy (non-hydrogen) atoms. The highest BCUT2D eigenvalue weighted by atomic mass is 16.5. The van der Waals surface area contributed by atoms with Crippen LogP contribution >= 0.6 is 0 Å². The second kappa shape index (κ2) is 9.68. The highest BCUT2D eigenvalue weighted by Gasteiger charge is 2.09. The summed E-state index contributed by atoms with van der Waals surface area (Å²) >= 11 is 0. The van der Waals surface area contributed by atoms with Crippen LogP contribution in [0.4, 0.5) is 0 Å². The average Bonchev–Trinajstić information content (AvgIpc) is 2.74. The Bertz CT molecular complexity index is 956. The molecule has 3 aromatic rings. The van der Waals surface area contributed by atoms with E-state index in [4.69, 9.17) is 9.47 Å². The molecule has 0 aliphatic carbocycles. The van der Waals surface area contributed by atoms with Crippen LogP contribution in [-0.4, -0.2) is 29.5 Å². The maximum absolute atomic E-state index is 12.4. The van der Waals surface area contributed by atoms with Crippen LogP contribution in [-0.2, 0) is 0 Å². The second-order valence-electron chi connectivity index (χ2n) is 7.04. The minimum atomic E-state index is -0.0868. The summed E-state index contributed by atoms with van der Waals surface area (Å²) in [5.41, 5.74) is 2.10. The molecule has 1 aromatic heterocycles. The first kappa shape index (κ1) is 20.3. The van der Waals surface area contributed by atoms with E-state index in [0.29, 0.717) is 35.3 Å².